The number of benzene rings is 1. The lowest BCUT2D eigenvalue weighted by atomic mass is 10.2. The number of carbonyl (C=O) groups is 2. The fraction of sp³-hybridized carbons (Fsp3) is 0.111. The van der Waals surface area contributed by atoms with Crippen molar-refractivity contribution >= 4 is 52.2 Å². The van der Waals surface area contributed by atoms with Gasteiger partial charge in [-0.05, 0) is 60.7 Å². The van der Waals surface area contributed by atoms with Crippen molar-refractivity contribution in [3.8, 4) is 0 Å². The van der Waals surface area contributed by atoms with Crippen LogP contribution in [-0.4, -0.2) is 16.0 Å². The number of rotatable bonds is 4. The van der Waals surface area contributed by atoms with Crippen molar-refractivity contribution in [2.24, 2.45) is 0 Å². The first-order valence-corrected chi connectivity index (χ1v) is 8.93. The summed E-state index contributed by atoms with van der Waals surface area (Å²) in [6.07, 6.45) is 5.03. The van der Waals surface area contributed by atoms with E-state index in [4.69, 9.17) is 27.6 Å². The lowest BCUT2D eigenvalue weighted by Crippen LogP contribution is -2.27. The van der Waals surface area contributed by atoms with E-state index in [9.17, 15) is 9.59 Å². The average molecular weight is 394 g/mol. The third-order valence-corrected chi connectivity index (χ3v) is 5.14. The molecule has 2 heterocycles. The summed E-state index contributed by atoms with van der Waals surface area (Å²) in [5, 5.41) is 0.492. The van der Waals surface area contributed by atoms with Crippen LogP contribution >= 0.6 is 35.0 Å². The molecule has 1 aromatic heterocycles. The molecule has 0 aliphatic carbocycles. The van der Waals surface area contributed by atoms with E-state index in [1.54, 1.807) is 42.7 Å². The third kappa shape index (κ3) is 4.00. The predicted octanol–water partition coefficient (Wildman–Crippen LogP) is 5.77. The Morgan fingerprint density at radius 3 is 2.56 bits per heavy atom. The van der Waals surface area contributed by atoms with Crippen LogP contribution in [0.5, 0.6) is 0 Å². The quantitative estimate of drug-likeness (QED) is 0.618. The van der Waals surface area contributed by atoms with Gasteiger partial charge < -0.3 is 4.42 Å². The molecule has 1 aliphatic rings. The van der Waals surface area contributed by atoms with Gasteiger partial charge in [0.25, 0.3) is 11.1 Å². The van der Waals surface area contributed by atoms with Crippen LogP contribution in [0.3, 0.4) is 0 Å². The largest absolute Gasteiger partial charge is 0.465 e. The Morgan fingerprint density at radius 1 is 1.20 bits per heavy atom. The van der Waals surface area contributed by atoms with E-state index in [0.717, 1.165) is 22.2 Å². The van der Waals surface area contributed by atoms with Gasteiger partial charge in [-0.15, -0.1) is 0 Å². The number of hydrogen-bond acceptors (Lipinski definition) is 4. The van der Waals surface area contributed by atoms with Crippen molar-refractivity contribution < 1.29 is 14.0 Å². The van der Waals surface area contributed by atoms with Gasteiger partial charge in [-0.2, -0.15) is 0 Å². The van der Waals surface area contributed by atoms with Crippen molar-refractivity contribution in [3.63, 3.8) is 0 Å². The van der Waals surface area contributed by atoms with E-state index >= 15 is 0 Å². The normalized spacial score (nSPS) is 17.0. The van der Waals surface area contributed by atoms with Crippen LogP contribution in [0.2, 0.25) is 10.0 Å². The molecule has 2 aromatic rings. The summed E-state index contributed by atoms with van der Waals surface area (Å²) in [5.41, 5.74) is 1.36. The van der Waals surface area contributed by atoms with Crippen molar-refractivity contribution in [1.29, 1.82) is 0 Å². The van der Waals surface area contributed by atoms with Crippen LogP contribution in [0.4, 0.5) is 4.79 Å². The summed E-state index contributed by atoms with van der Waals surface area (Å²) >= 11 is 13.2. The van der Waals surface area contributed by atoms with Gasteiger partial charge in [-0.25, -0.2) is 0 Å². The van der Waals surface area contributed by atoms with Crippen molar-refractivity contribution in [2.45, 2.75) is 13.5 Å². The highest BCUT2D eigenvalue weighted by molar-refractivity contribution is 8.18. The molecular formula is C18H13Cl2NO3S. The van der Waals surface area contributed by atoms with E-state index in [0.29, 0.717) is 26.3 Å². The van der Waals surface area contributed by atoms with E-state index in [1.165, 1.54) is 0 Å². The van der Waals surface area contributed by atoms with Gasteiger partial charge in [0.15, 0.2) is 0 Å². The predicted molar refractivity (Wildman–Crippen MR) is 100 cm³/mol. The summed E-state index contributed by atoms with van der Waals surface area (Å²) < 4.78 is 5.24. The first-order chi connectivity index (χ1) is 12.0. The Bertz CT molecular complexity index is 867. The lowest BCUT2D eigenvalue weighted by Gasteiger charge is -2.14. The van der Waals surface area contributed by atoms with Crippen molar-refractivity contribution in [1.82, 2.24) is 4.90 Å². The maximum atomic E-state index is 12.6. The third-order valence-electron chi connectivity index (χ3n) is 3.52. The number of furan rings is 1. The Balaban J connectivity index is 1.82. The molecule has 0 saturated carbocycles. The second-order valence-electron chi connectivity index (χ2n) is 5.37. The number of imide groups is 1. The van der Waals surface area contributed by atoms with Crippen LogP contribution in [0.15, 0.2) is 57.6 Å². The summed E-state index contributed by atoms with van der Waals surface area (Å²) in [4.78, 5) is 26.3. The van der Waals surface area contributed by atoms with Crippen LogP contribution in [0.1, 0.15) is 18.2 Å². The monoisotopic (exact) mass is 393 g/mol. The minimum absolute atomic E-state index is 0.0431. The number of carbonyl (C=O) groups excluding carboxylic acids is 2. The summed E-state index contributed by atoms with van der Waals surface area (Å²) in [5.74, 6) is 0.314. The zero-order valence-electron chi connectivity index (χ0n) is 13.2. The minimum Gasteiger partial charge on any atom is -0.465 e. The van der Waals surface area contributed by atoms with Gasteiger partial charge in [0, 0.05) is 15.6 Å². The highest BCUT2D eigenvalue weighted by atomic mass is 35.5. The van der Waals surface area contributed by atoms with Crippen molar-refractivity contribution in [3.05, 3.63) is 74.5 Å². The SMILES string of the molecule is CC(/C=C1\SC(=O)N(Cc2c(Cl)cccc2Cl)C1=O)=C\c1ccco1. The Hall–Kier alpha value is -1.95. The fourth-order valence-electron chi connectivity index (χ4n) is 2.32. The van der Waals surface area contributed by atoms with E-state index in [1.807, 2.05) is 13.0 Å². The van der Waals surface area contributed by atoms with Gasteiger partial charge in [-0.3, -0.25) is 14.5 Å². The molecule has 1 aliphatic heterocycles. The number of halogens is 2. The molecule has 3 rings (SSSR count). The van der Waals surface area contributed by atoms with Crippen molar-refractivity contribution in [2.75, 3.05) is 0 Å². The van der Waals surface area contributed by atoms with E-state index < -0.39 is 0 Å². The molecule has 2 amide bonds. The molecule has 25 heavy (non-hydrogen) atoms. The average Bonchev–Trinajstić information content (AvgIpc) is 3.14. The highest BCUT2D eigenvalue weighted by Crippen LogP contribution is 2.35. The molecule has 0 unspecified atom stereocenters. The molecule has 4 nitrogen and oxygen atoms in total. The van der Waals surface area contributed by atoms with E-state index in [2.05, 4.69) is 0 Å². The van der Waals surface area contributed by atoms with Gasteiger partial charge in [0.2, 0.25) is 0 Å². The molecular weight excluding hydrogens is 381 g/mol. The van der Waals surface area contributed by atoms with Gasteiger partial charge in [0.05, 0.1) is 17.7 Å². The number of hydrogen-bond donors (Lipinski definition) is 0. The number of nitrogens with zero attached hydrogens (tertiary/aromatic N) is 1. The zero-order chi connectivity index (χ0) is 18.0. The van der Waals surface area contributed by atoms with Crippen LogP contribution < -0.4 is 0 Å². The fourth-order valence-corrected chi connectivity index (χ4v) is 3.73. The molecule has 1 aromatic carbocycles. The van der Waals surface area contributed by atoms with Gasteiger partial charge >= 0.3 is 0 Å². The molecule has 0 bridgehead atoms. The van der Waals surface area contributed by atoms with Crippen LogP contribution in [-0.2, 0) is 11.3 Å². The molecule has 0 atom stereocenters. The van der Waals surface area contributed by atoms with Gasteiger partial charge in [0.1, 0.15) is 5.76 Å². The molecule has 7 heteroatoms. The molecule has 0 radical (unpaired) electrons. The molecule has 1 fully saturated rings. The summed E-state index contributed by atoms with van der Waals surface area (Å²) in [7, 11) is 0. The molecule has 1 saturated heterocycles. The summed E-state index contributed by atoms with van der Waals surface area (Å²) in [6, 6.07) is 8.65. The maximum Gasteiger partial charge on any atom is 0.293 e. The maximum absolute atomic E-state index is 12.6. The standard InChI is InChI=1S/C18H13Cl2NO3S/c1-11(8-12-4-3-7-24-12)9-16-17(22)21(18(23)25-16)10-13-14(19)5-2-6-15(13)20/h2-9H,10H2,1H3/b11-8+,16-9-. The number of amides is 2. The minimum atomic E-state index is -0.363. The van der Waals surface area contributed by atoms with Crippen LogP contribution in [0.25, 0.3) is 6.08 Å². The number of allylic oxidation sites excluding steroid dienone is 2. The van der Waals surface area contributed by atoms with Gasteiger partial charge in [-0.1, -0.05) is 29.3 Å². The first kappa shape index (κ1) is 17.9. The molecule has 0 N–H and O–H groups in total. The Morgan fingerprint density at radius 2 is 1.92 bits per heavy atom. The highest BCUT2D eigenvalue weighted by Gasteiger charge is 2.35. The second-order valence-corrected chi connectivity index (χ2v) is 7.18. The topological polar surface area (TPSA) is 50.5 Å². The smallest absolute Gasteiger partial charge is 0.293 e. The van der Waals surface area contributed by atoms with E-state index in [-0.39, 0.29) is 17.7 Å². The number of thioether (sulfide) groups is 1. The first-order valence-electron chi connectivity index (χ1n) is 7.36. The molecule has 0 spiro atoms. The Labute approximate surface area is 159 Å². The molecule has 128 valence electrons. The zero-order valence-corrected chi connectivity index (χ0v) is 15.5. The summed E-state index contributed by atoms with van der Waals surface area (Å²) in [6.45, 7) is 1.88. The second kappa shape index (κ2) is 7.52. The lowest BCUT2D eigenvalue weighted by molar-refractivity contribution is -0.123. The Kier molecular flexibility index (Phi) is 5.37. The van der Waals surface area contributed by atoms with Crippen LogP contribution in [0, 0.1) is 0 Å².